The molecule has 1 aliphatic heterocycles. The van der Waals surface area contributed by atoms with Crippen molar-refractivity contribution in [3.63, 3.8) is 0 Å². The molecule has 1 aromatic carbocycles. The molecule has 1 aromatic rings. The maximum absolute atomic E-state index is 12.5. The van der Waals surface area contributed by atoms with E-state index in [0.29, 0.717) is 19.0 Å². The molecule has 0 unspecified atom stereocenters. The van der Waals surface area contributed by atoms with Crippen LogP contribution in [0.4, 0.5) is 18.9 Å². The molecule has 0 atom stereocenters. The summed E-state index contributed by atoms with van der Waals surface area (Å²) >= 11 is 5.64. The summed E-state index contributed by atoms with van der Waals surface area (Å²) in [6, 6.07) is 3.30. The zero-order valence-corrected chi connectivity index (χ0v) is 9.36. The number of hydrogen-bond acceptors (Lipinski definition) is 3. The van der Waals surface area contributed by atoms with Gasteiger partial charge in [0.25, 0.3) is 0 Å². The number of rotatable bonds is 1. The lowest BCUT2D eigenvalue weighted by molar-refractivity contribution is -0.137. The summed E-state index contributed by atoms with van der Waals surface area (Å²) in [5.41, 5.74) is -0.524. The number of benzene rings is 1. The highest BCUT2D eigenvalue weighted by Crippen LogP contribution is 2.33. The molecule has 0 fully saturated rings. The average Bonchev–Trinajstić information content (AvgIpc) is 2.68. The van der Waals surface area contributed by atoms with Crippen LogP contribution in [-0.2, 0) is 6.18 Å². The van der Waals surface area contributed by atoms with Crippen LogP contribution in [0.15, 0.2) is 23.2 Å². The van der Waals surface area contributed by atoms with Gasteiger partial charge in [-0.05, 0) is 18.2 Å². The molecule has 2 N–H and O–H groups in total. The topological polar surface area (TPSA) is 36.4 Å². The zero-order chi connectivity index (χ0) is 12.5. The normalized spacial score (nSPS) is 15.4. The number of alkyl halides is 3. The molecule has 0 spiro atoms. The van der Waals surface area contributed by atoms with Crippen LogP contribution in [0.1, 0.15) is 5.56 Å². The fourth-order valence-electron chi connectivity index (χ4n) is 1.44. The first kappa shape index (κ1) is 12.0. The third-order valence-electron chi connectivity index (χ3n) is 2.16. The summed E-state index contributed by atoms with van der Waals surface area (Å²) in [7, 11) is 0. The molecule has 0 saturated heterocycles. The van der Waals surface area contributed by atoms with Crippen molar-refractivity contribution in [1.29, 1.82) is 0 Å². The predicted molar refractivity (Wildman–Crippen MR) is 60.4 cm³/mol. The lowest BCUT2D eigenvalue weighted by Crippen LogP contribution is -2.26. The van der Waals surface area contributed by atoms with E-state index >= 15 is 0 Å². The molecule has 17 heavy (non-hydrogen) atoms. The Morgan fingerprint density at radius 2 is 2.06 bits per heavy atom. The van der Waals surface area contributed by atoms with Gasteiger partial charge in [-0.2, -0.15) is 13.2 Å². The van der Waals surface area contributed by atoms with Gasteiger partial charge in [0, 0.05) is 17.3 Å². The molecular weight excluding hydrogens is 255 g/mol. The summed E-state index contributed by atoms with van der Waals surface area (Å²) in [6.07, 6.45) is -4.41. The van der Waals surface area contributed by atoms with E-state index in [4.69, 9.17) is 11.6 Å². The van der Waals surface area contributed by atoms with Gasteiger partial charge >= 0.3 is 6.18 Å². The highest BCUT2D eigenvalue weighted by atomic mass is 35.5. The molecule has 0 amide bonds. The van der Waals surface area contributed by atoms with Crippen LogP contribution in [0.2, 0.25) is 5.02 Å². The second-order valence-corrected chi connectivity index (χ2v) is 3.94. The second-order valence-electron chi connectivity index (χ2n) is 3.51. The third kappa shape index (κ3) is 3.03. The molecule has 7 heteroatoms. The van der Waals surface area contributed by atoms with Gasteiger partial charge in [0.15, 0.2) is 5.96 Å². The standard InChI is InChI=1S/C10H9ClF3N3/c11-7-3-6(10(12,13)14)4-8(5-7)17-9-15-1-2-16-9/h3-5H,1-2H2,(H2,15,16,17). The van der Waals surface area contributed by atoms with Crippen LogP contribution in [0.25, 0.3) is 0 Å². The van der Waals surface area contributed by atoms with E-state index in [1.54, 1.807) is 0 Å². The van der Waals surface area contributed by atoms with Crippen LogP contribution in [0.3, 0.4) is 0 Å². The van der Waals surface area contributed by atoms with Crippen molar-refractivity contribution < 1.29 is 13.2 Å². The Labute approximate surface area is 101 Å². The van der Waals surface area contributed by atoms with E-state index in [2.05, 4.69) is 15.6 Å². The van der Waals surface area contributed by atoms with Gasteiger partial charge in [0.05, 0.1) is 12.1 Å². The zero-order valence-electron chi connectivity index (χ0n) is 8.61. The number of halogens is 4. The number of anilines is 1. The van der Waals surface area contributed by atoms with E-state index in [0.717, 1.165) is 12.1 Å². The quantitative estimate of drug-likeness (QED) is 0.817. The Hall–Kier alpha value is -1.43. The smallest absolute Gasteiger partial charge is 0.354 e. The van der Waals surface area contributed by atoms with Crippen molar-refractivity contribution in [2.75, 3.05) is 18.4 Å². The van der Waals surface area contributed by atoms with Crippen molar-refractivity contribution >= 4 is 23.2 Å². The van der Waals surface area contributed by atoms with Crippen LogP contribution in [0.5, 0.6) is 0 Å². The molecule has 0 bridgehead atoms. The van der Waals surface area contributed by atoms with E-state index in [1.165, 1.54) is 6.07 Å². The SMILES string of the molecule is FC(F)(F)c1cc(Cl)cc(NC2=NCCN2)c1. The third-order valence-corrected chi connectivity index (χ3v) is 2.38. The van der Waals surface area contributed by atoms with Gasteiger partial charge < -0.3 is 10.6 Å². The molecule has 3 nitrogen and oxygen atoms in total. The van der Waals surface area contributed by atoms with E-state index in [-0.39, 0.29) is 10.7 Å². The van der Waals surface area contributed by atoms with Gasteiger partial charge in [-0.15, -0.1) is 0 Å². The molecule has 1 heterocycles. The van der Waals surface area contributed by atoms with Crippen LogP contribution >= 0.6 is 11.6 Å². The Morgan fingerprint density at radius 3 is 2.65 bits per heavy atom. The maximum atomic E-state index is 12.5. The van der Waals surface area contributed by atoms with Gasteiger partial charge in [0.2, 0.25) is 0 Å². The highest BCUT2D eigenvalue weighted by Gasteiger charge is 2.31. The van der Waals surface area contributed by atoms with E-state index in [9.17, 15) is 13.2 Å². The van der Waals surface area contributed by atoms with E-state index in [1.807, 2.05) is 0 Å². The van der Waals surface area contributed by atoms with Crippen molar-refractivity contribution in [3.05, 3.63) is 28.8 Å². The minimum Gasteiger partial charge on any atom is -0.354 e. The highest BCUT2D eigenvalue weighted by molar-refractivity contribution is 6.31. The molecule has 92 valence electrons. The number of nitrogens with one attached hydrogen (secondary N) is 2. The number of guanidine groups is 1. The fraction of sp³-hybridized carbons (Fsp3) is 0.300. The van der Waals surface area contributed by atoms with Gasteiger partial charge in [-0.3, -0.25) is 4.99 Å². The molecule has 0 aliphatic carbocycles. The monoisotopic (exact) mass is 263 g/mol. The Kier molecular flexibility index (Phi) is 3.15. The molecule has 0 radical (unpaired) electrons. The van der Waals surface area contributed by atoms with Gasteiger partial charge in [0.1, 0.15) is 0 Å². The minimum absolute atomic E-state index is 0.0286. The predicted octanol–water partition coefficient (Wildman–Crippen LogP) is 2.73. The first-order chi connectivity index (χ1) is 7.95. The molecule has 0 aromatic heterocycles. The Morgan fingerprint density at radius 1 is 1.29 bits per heavy atom. The average molecular weight is 264 g/mol. The first-order valence-corrected chi connectivity index (χ1v) is 5.26. The van der Waals surface area contributed by atoms with Crippen molar-refractivity contribution in [3.8, 4) is 0 Å². The lowest BCUT2D eigenvalue weighted by atomic mass is 10.2. The lowest BCUT2D eigenvalue weighted by Gasteiger charge is -2.11. The van der Waals surface area contributed by atoms with Gasteiger partial charge in [-0.1, -0.05) is 11.6 Å². The second kappa shape index (κ2) is 4.44. The fourth-order valence-corrected chi connectivity index (χ4v) is 1.68. The summed E-state index contributed by atoms with van der Waals surface area (Å²) in [6.45, 7) is 1.28. The van der Waals surface area contributed by atoms with Crippen LogP contribution in [0, 0.1) is 0 Å². The Bertz CT molecular complexity index is 457. The Balaban J connectivity index is 2.25. The summed E-state index contributed by atoms with van der Waals surface area (Å²) in [4.78, 5) is 4.02. The van der Waals surface area contributed by atoms with Gasteiger partial charge in [-0.25, -0.2) is 0 Å². The molecule has 2 rings (SSSR count). The summed E-state index contributed by atoms with van der Waals surface area (Å²) in [5.74, 6) is 0.459. The molecule has 1 aliphatic rings. The van der Waals surface area contributed by atoms with Crippen molar-refractivity contribution in [1.82, 2.24) is 5.32 Å². The number of aliphatic imine (C=N–C) groups is 1. The molecular formula is C10H9ClF3N3. The van der Waals surface area contributed by atoms with E-state index < -0.39 is 11.7 Å². The summed E-state index contributed by atoms with van der Waals surface area (Å²) < 4.78 is 37.6. The minimum atomic E-state index is -4.41. The maximum Gasteiger partial charge on any atom is 0.416 e. The first-order valence-electron chi connectivity index (χ1n) is 4.88. The van der Waals surface area contributed by atoms with Crippen molar-refractivity contribution in [2.45, 2.75) is 6.18 Å². The summed E-state index contributed by atoms with van der Waals surface area (Å²) in [5, 5.41) is 5.67. The number of nitrogens with zero attached hydrogens (tertiary/aromatic N) is 1. The van der Waals surface area contributed by atoms with Crippen LogP contribution < -0.4 is 10.6 Å². The van der Waals surface area contributed by atoms with Crippen molar-refractivity contribution in [2.24, 2.45) is 4.99 Å². The largest absolute Gasteiger partial charge is 0.416 e. The number of hydrogen-bond donors (Lipinski definition) is 2. The van der Waals surface area contributed by atoms with Crippen LogP contribution in [-0.4, -0.2) is 19.0 Å². The molecule has 0 saturated carbocycles.